The van der Waals surface area contributed by atoms with E-state index in [1.165, 1.54) is 38.2 Å². The van der Waals surface area contributed by atoms with E-state index in [9.17, 15) is 23.6 Å². The Morgan fingerprint density at radius 2 is 1.68 bits per heavy atom. The molecule has 0 unspecified atom stereocenters. The number of carbonyl (C=O) groups is 4. The lowest BCUT2D eigenvalue weighted by atomic mass is 10.1. The summed E-state index contributed by atoms with van der Waals surface area (Å²) in [6, 6.07) is 12.8. The van der Waals surface area contributed by atoms with Crippen LogP contribution in [-0.2, 0) is 19.1 Å². The van der Waals surface area contributed by atoms with Crippen molar-refractivity contribution in [2.24, 2.45) is 0 Å². The van der Waals surface area contributed by atoms with Crippen LogP contribution in [0.1, 0.15) is 18.6 Å². The van der Waals surface area contributed by atoms with Gasteiger partial charge in [-0.15, -0.1) is 11.8 Å². The molecule has 2 aromatic carbocycles. The molecule has 0 radical (unpaired) electrons. The molecular formula is C21H22FN3O5S. The van der Waals surface area contributed by atoms with Crippen LogP contribution in [0, 0.1) is 5.82 Å². The summed E-state index contributed by atoms with van der Waals surface area (Å²) in [5.41, 5.74) is 0.820. The molecule has 0 bridgehead atoms. The van der Waals surface area contributed by atoms with Gasteiger partial charge in [-0.3, -0.25) is 19.7 Å². The monoisotopic (exact) mass is 447 g/mol. The molecule has 0 saturated carbocycles. The summed E-state index contributed by atoms with van der Waals surface area (Å²) < 4.78 is 18.3. The lowest BCUT2D eigenvalue weighted by Gasteiger charge is -2.19. The fraction of sp³-hybridized carbons (Fsp3) is 0.238. The first-order chi connectivity index (χ1) is 14.8. The first-order valence-corrected chi connectivity index (χ1v) is 10.3. The Hall–Kier alpha value is -3.40. The Morgan fingerprint density at radius 1 is 1.03 bits per heavy atom. The second-order valence-corrected chi connectivity index (χ2v) is 7.63. The zero-order chi connectivity index (χ0) is 22.8. The van der Waals surface area contributed by atoms with E-state index in [0.29, 0.717) is 11.3 Å². The van der Waals surface area contributed by atoms with Gasteiger partial charge < -0.3 is 15.4 Å². The molecule has 0 saturated heterocycles. The van der Waals surface area contributed by atoms with Crippen molar-refractivity contribution in [2.75, 3.05) is 18.1 Å². The number of rotatable bonds is 8. The standard InChI is InChI=1S/C21H22FN3O5S/c1-13(31-12-17(26)24-16-10-8-15(22)9-11-16)20(28)30-18(14-6-4-3-5-7-14)19(27)25-21(29)23-2/h3-11,13,18H,12H2,1-2H3,(H,24,26)(H2,23,25,27,29)/t13-,18+/m0/s1. The Morgan fingerprint density at radius 3 is 2.29 bits per heavy atom. The number of hydrogen-bond acceptors (Lipinski definition) is 6. The topological polar surface area (TPSA) is 114 Å². The van der Waals surface area contributed by atoms with Crippen LogP contribution in [0.5, 0.6) is 0 Å². The minimum Gasteiger partial charge on any atom is -0.446 e. The molecule has 8 nitrogen and oxygen atoms in total. The quantitative estimate of drug-likeness (QED) is 0.536. The molecule has 0 spiro atoms. The molecule has 10 heteroatoms. The number of anilines is 1. The minimum absolute atomic E-state index is 0.0614. The fourth-order valence-corrected chi connectivity index (χ4v) is 3.02. The van der Waals surface area contributed by atoms with Gasteiger partial charge in [0, 0.05) is 18.3 Å². The molecule has 0 aromatic heterocycles. The molecule has 31 heavy (non-hydrogen) atoms. The van der Waals surface area contributed by atoms with Gasteiger partial charge in [-0.25, -0.2) is 9.18 Å². The van der Waals surface area contributed by atoms with Crippen molar-refractivity contribution in [3.8, 4) is 0 Å². The van der Waals surface area contributed by atoms with Crippen LogP contribution in [0.25, 0.3) is 0 Å². The minimum atomic E-state index is -1.33. The number of hydrogen-bond donors (Lipinski definition) is 3. The highest BCUT2D eigenvalue weighted by molar-refractivity contribution is 8.01. The Balaban J connectivity index is 1.95. The van der Waals surface area contributed by atoms with E-state index < -0.39 is 35.1 Å². The molecule has 0 heterocycles. The van der Waals surface area contributed by atoms with Crippen molar-refractivity contribution in [3.63, 3.8) is 0 Å². The van der Waals surface area contributed by atoms with E-state index in [1.54, 1.807) is 30.3 Å². The third kappa shape index (κ3) is 7.74. The first kappa shape index (κ1) is 23.9. The van der Waals surface area contributed by atoms with Crippen LogP contribution in [0.2, 0.25) is 0 Å². The number of thioether (sulfide) groups is 1. The van der Waals surface area contributed by atoms with Crippen molar-refractivity contribution < 1.29 is 28.3 Å². The molecular weight excluding hydrogens is 425 g/mol. The van der Waals surface area contributed by atoms with Gasteiger partial charge in [0.15, 0.2) is 0 Å². The van der Waals surface area contributed by atoms with Crippen molar-refractivity contribution in [2.45, 2.75) is 18.3 Å². The average Bonchev–Trinajstić information content (AvgIpc) is 2.77. The molecule has 0 aliphatic heterocycles. The van der Waals surface area contributed by atoms with E-state index in [-0.39, 0.29) is 11.7 Å². The number of amides is 4. The van der Waals surface area contributed by atoms with Gasteiger partial charge in [-0.2, -0.15) is 0 Å². The predicted octanol–water partition coefficient (Wildman–Crippen LogP) is 2.63. The van der Waals surface area contributed by atoms with Crippen LogP contribution < -0.4 is 16.0 Å². The number of urea groups is 1. The Bertz CT molecular complexity index is 924. The summed E-state index contributed by atoms with van der Waals surface area (Å²) in [5, 5.41) is 6.17. The molecule has 4 amide bonds. The van der Waals surface area contributed by atoms with Gasteiger partial charge in [-0.05, 0) is 31.2 Å². The van der Waals surface area contributed by atoms with E-state index in [0.717, 1.165) is 11.8 Å². The average molecular weight is 447 g/mol. The predicted molar refractivity (Wildman–Crippen MR) is 115 cm³/mol. The third-order valence-corrected chi connectivity index (χ3v) is 5.08. The smallest absolute Gasteiger partial charge is 0.321 e. The summed E-state index contributed by atoms with van der Waals surface area (Å²) in [4.78, 5) is 48.4. The van der Waals surface area contributed by atoms with E-state index in [2.05, 4.69) is 16.0 Å². The maximum atomic E-state index is 12.9. The number of carbonyl (C=O) groups excluding carboxylic acids is 4. The molecule has 0 aliphatic carbocycles. The second-order valence-electron chi connectivity index (χ2n) is 6.30. The van der Waals surface area contributed by atoms with Crippen LogP contribution in [0.15, 0.2) is 54.6 Å². The van der Waals surface area contributed by atoms with Gasteiger partial charge in [0.25, 0.3) is 5.91 Å². The Kier molecular flexibility index (Phi) is 9.01. The van der Waals surface area contributed by atoms with E-state index in [1.807, 2.05) is 0 Å². The number of halogens is 1. The van der Waals surface area contributed by atoms with Crippen LogP contribution in [0.3, 0.4) is 0 Å². The number of benzene rings is 2. The van der Waals surface area contributed by atoms with Gasteiger partial charge >= 0.3 is 12.0 Å². The Labute approximate surface area is 182 Å². The maximum Gasteiger partial charge on any atom is 0.321 e. The third-order valence-electron chi connectivity index (χ3n) is 3.96. The summed E-state index contributed by atoms with van der Waals surface area (Å²) in [6.45, 7) is 1.54. The SMILES string of the molecule is CNC(=O)NC(=O)[C@H](OC(=O)[C@H](C)SCC(=O)Nc1ccc(F)cc1)c1ccccc1. The second kappa shape index (κ2) is 11.7. The highest BCUT2D eigenvalue weighted by Gasteiger charge is 2.28. The summed E-state index contributed by atoms with van der Waals surface area (Å²) >= 11 is 1.01. The van der Waals surface area contributed by atoms with Gasteiger partial charge in [0.05, 0.1) is 5.75 Å². The number of nitrogens with one attached hydrogen (secondary N) is 3. The molecule has 0 fully saturated rings. The van der Waals surface area contributed by atoms with Crippen molar-refractivity contribution in [3.05, 3.63) is 66.0 Å². The number of ether oxygens (including phenoxy) is 1. The zero-order valence-corrected chi connectivity index (χ0v) is 17.7. The largest absolute Gasteiger partial charge is 0.446 e. The summed E-state index contributed by atoms with van der Waals surface area (Å²) in [5.74, 6) is -2.38. The summed E-state index contributed by atoms with van der Waals surface area (Å²) in [7, 11) is 1.35. The van der Waals surface area contributed by atoms with E-state index in [4.69, 9.17) is 4.74 Å². The van der Waals surface area contributed by atoms with E-state index >= 15 is 0 Å². The number of imide groups is 1. The van der Waals surface area contributed by atoms with Crippen molar-refractivity contribution in [1.29, 1.82) is 0 Å². The molecule has 2 atom stereocenters. The van der Waals surface area contributed by atoms with Gasteiger partial charge in [0.2, 0.25) is 12.0 Å². The molecule has 164 valence electrons. The van der Waals surface area contributed by atoms with Crippen LogP contribution in [-0.4, -0.2) is 41.9 Å². The van der Waals surface area contributed by atoms with Crippen LogP contribution in [0.4, 0.5) is 14.9 Å². The molecule has 2 aromatic rings. The first-order valence-electron chi connectivity index (χ1n) is 9.25. The number of esters is 1. The lowest BCUT2D eigenvalue weighted by Crippen LogP contribution is -2.41. The lowest BCUT2D eigenvalue weighted by molar-refractivity contribution is -0.155. The highest BCUT2D eigenvalue weighted by atomic mass is 32.2. The normalized spacial score (nSPS) is 12.2. The molecule has 2 rings (SSSR count). The van der Waals surface area contributed by atoms with Gasteiger partial charge in [0.1, 0.15) is 11.1 Å². The van der Waals surface area contributed by atoms with Crippen LogP contribution >= 0.6 is 11.8 Å². The molecule has 0 aliphatic rings. The maximum absolute atomic E-state index is 12.9. The molecule has 3 N–H and O–H groups in total. The fourth-order valence-electron chi connectivity index (χ4n) is 2.35. The zero-order valence-electron chi connectivity index (χ0n) is 16.9. The summed E-state index contributed by atoms with van der Waals surface area (Å²) in [6.07, 6.45) is -1.33. The van der Waals surface area contributed by atoms with Crippen molar-refractivity contribution >= 4 is 41.3 Å². The highest BCUT2D eigenvalue weighted by Crippen LogP contribution is 2.21. The van der Waals surface area contributed by atoms with Crippen molar-refractivity contribution in [1.82, 2.24) is 10.6 Å². The van der Waals surface area contributed by atoms with Gasteiger partial charge in [-0.1, -0.05) is 30.3 Å².